The molecule has 0 spiro atoms. The fourth-order valence-electron chi connectivity index (χ4n) is 4.26. The number of esters is 1. The van der Waals surface area contributed by atoms with Crippen LogP contribution in [0.15, 0.2) is 75.4 Å². The summed E-state index contributed by atoms with van der Waals surface area (Å²) in [6.07, 6.45) is 0.253. The van der Waals surface area contributed by atoms with E-state index in [0.717, 1.165) is 5.56 Å². The number of nitrogens with one attached hydrogen (secondary N) is 3. The lowest BCUT2D eigenvalue weighted by Crippen LogP contribution is -2.45. The molecule has 0 aliphatic carbocycles. The molecule has 220 valence electrons. The summed E-state index contributed by atoms with van der Waals surface area (Å²) in [4.78, 5) is 36.0. The number of allylic oxidation sites excluding steroid dienone is 1. The maximum Gasteiger partial charge on any atom is 0.337 e. The Hall–Kier alpha value is -5.10. The third kappa shape index (κ3) is 7.15. The van der Waals surface area contributed by atoms with Crippen LogP contribution in [0.4, 0.5) is 4.79 Å². The summed E-state index contributed by atoms with van der Waals surface area (Å²) in [6.45, 7) is 5.10. The van der Waals surface area contributed by atoms with Crippen LogP contribution in [0.1, 0.15) is 48.5 Å². The molecule has 4 rings (SSSR count). The molecule has 1 aliphatic heterocycles. The third-order valence-corrected chi connectivity index (χ3v) is 6.29. The van der Waals surface area contributed by atoms with Crippen LogP contribution in [0, 0.1) is 0 Å². The number of hydrogen-bond donors (Lipinski definition) is 4. The molecule has 2 aromatic carbocycles. The molecule has 42 heavy (non-hydrogen) atoms. The van der Waals surface area contributed by atoms with Gasteiger partial charge in [0.15, 0.2) is 23.5 Å². The molecule has 4 N–H and O–H groups in total. The second kappa shape index (κ2) is 13.5. The van der Waals surface area contributed by atoms with Crippen molar-refractivity contribution in [1.29, 1.82) is 0 Å². The Bertz CT molecular complexity index is 1510. The van der Waals surface area contributed by atoms with E-state index < -0.39 is 24.3 Å². The summed E-state index contributed by atoms with van der Waals surface area (Å²) in [5.41, 5.74) is 5.23. The van der Waals surface area contributed by atoms with Crippen molar-refractivity contribution < 1.29 is 38.1 Å². The van der Waals surface area contributed by atoms with Gasteiger partial charge in [-0.05, 0) is 50.6 Å². The Labute approximate surface area is 242 Å². The molecule has 0 bridgehead atoms. The molecule has 0 fully saturated rings. The summed E-state index contributed by atoms with van der Waals surface area (Å²) >= 11 is 0. The molecule has 12 nitrogen and oxygen atoms in total. The third-order valence-electron chi connectivity index (χ3n) is 6.29. The van der Waals surface area contributed by atoms with Crippen LogP contribution < -0.4 is 25.5 Å². The number of Topliss-reactive ketones (excluding diaryl/α,β-unsaturated/α-hetero) is 1. The van der Waals surface area contributed by atoms with Gasteiger partial charge in [0.25, 0.3) is 0 Å². The predicted octanol–water partition coefficient (Wildman–Crippen LogP) is 3.67. The second-order valence-corrected chi connectivity index (χ2v) is 9.25. The summed E-state index contributed by atoms with van der Waals surface area (Å²) in [7, 11) is 1.27. The number of amides is 2. The molecule has 12 heteroatoms. The molecular weight excluding hydrogens is 544 g/mol. The summed E-state index contributed by atoms with van der Waals surface area (Å²) in [5, 5.41) is 19.7. The molecule has 2 atom stereocenters. The zero-order valence-electron chi connectivity index (χ0n) is 23.6. The van der Waals surface area contributed by atoms with Crippen LogP contribution in [-0.2, 0) is 9.53 Å². The first-order valence-corrected chi connectivity index (χ1v) is 13.1. The van der Waals surface area contributed by atoms with Crippen LogP contribution in [0.5, 0.6) is 11.5 Å². The average Bonchev–Trinajstić information content (AvgIpc) is 3.45. The van der Waals surface area contributed by atoms with Gasteiger partial charge in [-0.15, -0.1) is 0 Å². The van der Waals surface area contributed by atoms with Crippen molar-refractivity contribution >= 4 is 24.0 Å². The van der Waals surface area contributed by atoms with E-state index in [-0.39, 0.29) is 18.0 Å². The first-order chi connectivity index (χ1) is 20.2. The number of hydrazone groups is 1. The molecule has 3 aromatic rings. The van der Waals surface area contributed by atoms with Crippen LogP contribution in [0.2, 0.25) is 0 Å². The van der Waals surface area contributed by atoms with Crippen molar-refractivity contribution in [3.8, 4) is 22.8 Å². The summed E-state index contributed by atoms with van der Waals surface area (Å²) < 4.78 is 22.1. The number of methoxy groups -OCH3 is 1. The van der Waals surface area contributed by atoms with E-state index in [1.54, 1.807) is 68.4 Å². The van der Waals surface area contributed by atoms with Crippen molar-refractivity contribution in [2.24, 2.45) is 5.10 Å². The number of benzene rings is 2. The van der Waals surface area contributed by atoms with E-state index in [4.69, 9.17) is 18.6 Å². The predicted molar refractivity (Wildman–Crippen MR) is 153 cm³/mol. The highest BCUT2D eigenvalue weighted by Gasteiger charge is 2.32. The number of carbonyl (C=O) groups excluding carboxylic acids is 3. The lowest BCUT2D eigenvalue weighted by atomic mass is 9.95. The van der Waals surface area contributed by atoms with E-state index in [2.05, 4.69) is 21.2 Å². The number of carbonyl (C=O) groups is 3. The second-order valence-electron chi connectivity index (χ2n) is 9.25. The van der Waals surface area contributed by atoms with Gasteiger partial charge in [0.1, 0.15) is 18.1 Å². The Balaban J connectivity index is 1.38. The minimum absolute atomic E-state index is 0.0116. The maximum absolute atomic E-state index is 12.4. The first kappa shape index (κ1) is 29.9. The maximum atomic E-state index is 12.4. The van der Waals surface area contributed by atoms with Crippen LogP contribution >= 0.6 is 0 Å². The van der Waals surface area contributed by atoms with E-state index in [1.165, 1.54) is 20.2 Å². The largest absolute Gasteiger partial charge is 0.490 e. The number of nitrogens with zero attached hydrogens (tertiary/aromatic N) is 1. The van der Waals surface area contributed by atoms with Crippen molar-refractivity contribution in [2.45, 2.75) is 33.0 Å². The Morgan fingerprint density at radius 2 is 1.88 bits per heavy atom. The molecule has 0 radical (unpaired) electrons. The number of aliphatic hydroxyl groups is 1. The molecule has 0 unspecified atom stereocenters. The van der Waals surface area contributed by atoms with Crippen LogP contribution in [0.25, 0.3) is 11.3 Å². The van der Waals surface area contributed by atoms with Gasteiger partial charge in [0.05, 0.1) is 31.5 Å². The summed E-state index contributed by atoms with van der Waals surface area (Å²) in [5.74, 6) is 1.18. The van der Waals surface area contributed by atoms with E-state index in [9.17, 15) is 19.5 Å². The van der Waals surface area contributed by atoms with Gasteiger partial charge < -0.3 is 34.4 Å². The minimum Gasteiger partial charge on any atom is -0.490 e. The molecule has 1 aliphatic rings. The highest BCUT2D eigenvalue weighted by atomic mass is 16.5. The number of furan rings is 1. The van der Waals surface area contributed by atoms with Crippen LogP contribution in [0.3, 0.4) is 0 Å². The normalized spacial score (nSPS) is 15.5. The number of hydrogen-bond acceptors (Lipinski definition) is 10. The highest BCUT2D eigenvalue weighted by Crippen LogP contribution is 2.35. The minimum atomic E-state index is -1.16. The highest BCUT2D eigenvalue weighted by molar-refractivity contribution is 5.95. The van der Waals surface area contributed by atoms with Gasteiger partial charge in [-0.25, -0.2) is 9.59 Å². The van der Waals surface area contributed by atoms with Gasteiger partial charge in [-0.2, -0.15) is 5.10 Å². The molecule has 2 amide bonds. The van der Waals surface area contributed by atoms with Gasteiger partial charge in [0, 0.05) is 16.8 Å². The van der Waals surface area contributed by atoms with Gasteiger partial charge in [-0.3, -0.25) is 10.2 Å². The van der Waals surface area contributed by atoms with Crippen molar-refractivity contribution in [1.82, 2.24) is 16.1 Å². The number of aliphatic hydroxyl groups excluding tert-OH is 1. The molecule has 2 heterocycles. The Morgan fingerprint density at radius 1 is 1.12 bits per heavy atom. The number of ketones is 1. The molecule has 1 aromatic heterocycles. The Morgan fingerprint density at radius 3 is 2.57 bits per heavy atom. The fourth-order valence-corrected chi connectivity index (χ4v) is 4.26. The quantitative estimate of drug-likeness (QED) is 0.0829. The average molecular weight is 577 g/mol. The summed E-state index contributed by atoms with van der Waals surface area (Å²) in [6, 6.07) is 14.3. The zero-order chi connectivity index (χ0) is 30.2. The number of urea groups is 1. The van der Waals surface area contributed by atoms with Gasteiger partial charge in [-0.1, -0.05) is 30.3 Å². The SMILES string of the molecule is CCOc1cc([C@@H]2NC(=O)NC(C)=C2C(=O)OC)ccc1OC[C@H](O)N/N=C/c1ccc(-c2ccc(C(C)=O)cc2)o1. The topological polar surface area (TPSA) is 161 Å². The number of ether oxygens (including phenoxy) is 3. The molecular formula is C30H32N4O8. The van der Waals surface area contributed by atoms with Gasteiger partial charge in [0.2, 0.25) is 0 Å². The lowest BCUT2D eigenvalue weighted by Gasteiger charge is -2.28. The fraction of sp³-hybridized carbons (Fsp3) is 0.267. The molecule has 0 saturated carbocycles. The smallest absolute Gasteiger partial charge is 0.337 e. The molecule has 0 saturated heterocycles. The van der Waals surface area contributed by atoms with Gasteiger partial charge >= 0.3 is 12.0 Å². The first-order valence-electron chi connectivity index (χ1n) is 13.1. The number of rotatable bonds is 12. The van der Waals surface area contributed by atoms with Crippen LogP contribution in [-0.4, -0.2) is 55.7 Å². The van der Waals surface area contributed by atoms with Crippen molar-refractivity contribution in [2.75, 3.05) is 20.3 Å². The van der Waals surface area contributed by atoms with Crippen molar-refractivity contribution in [3.63, 3.8) is 0 Å². The van der Waals surface area contributed by atoms with E-state index in [1.807, 2.05) is 0 Å². The standard InChI is InChI=1S/C30H32N4O8/c1-5-40-25-14-21(28-27(29(37)39-4)17(2)32-30(38)33-28)10-12-24(25)41-16-26(36)34-31-15-22-11-13-23(42-22)20-8-6-19(7-9-20)18(3)35/h6-15,26,28,34,36H,5,16H2,1-4H3,(H2,32,33,38)/b31-15+/t26-,28-/m0/s1. The monoisotopic (exact) mass is 576 g/mol. The zero-order valence-corrected chi connectivity index (χ0v) is 23.6. The van der Waals surface area contributed by atoms with E-state index >= 15 is 0 Å². The van der Waals surface area contributed by atoms with Crippen molar-refractivity contribution in [3.05, 3.63) is 82.8 Å². The van der Waals surface area contributed by atoms with E-state index in [0.29, 0.717) is 46.5 Å². The Kier molecular flexibility index (Phi) is 9.61. The lowest BCUT2D eigenvalue weighted by molar-refractivity contribution is -0.136.